The van der Waals surface area contributed by atoms with Gasteiger partial charge in [-0.3, -0.25) is 0 Å². The number of urea groups is 1. The summed E-state index contributed by atoms with van der Waals surface area (Å²) in [5, 5.41) is 15.6. The zero-order chi connectivity index (χ0) is 18.1. The molecule has 2 amide bonds. The fourth-order valence-corrected chi connectivity index (χ4v) is 2.87. The molecule has 0 spiro atoms. The summed E-state index contributed by atoms with van der Waals surface area (Å²) in [6, 6.07) is 13.1. The average molecular weight is 341 g/mol. The highest BCUT2D eigenvalue weighted by molar-refractivity contribution is 5.89. The van der Waals surface area contributed by atoms with Crippen molar-refractivity contribution in [3.05, 3.63) is 59.2 Å². The van der Waals surface area contributed by atoms with E-state index in [4.69, 9.17) is 5.73 Å². The maximum absolute atomic E-state index is 10.9. The average Bonchev–Trinajstić information content (AvgIpc) is 2.58. The van der Waals surface area contributed by atoms with Gasteiger partial charge in [0, 0.05) is 0 Å². The van der Waals surface area contributed by atoms with Crippen molar-refractivity contribution >= 4 is 11.7 Å². The summed E-state index contributed by atoms with van der Waals surface area (Å²) in [5.41, 5.74) is 9.32. The molecule has 0 aromatic heterocycles. The van der Waals surface area contributed by atoms with Crippen LogP contribution < -0.4 is 16.4 Å². The Hall–Kier alpha value is -2.53. The number of benzene rings is 2. The highest BCUT2D eigenvalue weighted by atomic mass is 16.3. The van der Waals surface area contributed by atoms with Crippen LogP contribution in [0.25, 0.3) is 0 Å². The van der Waals surface area contributed by atoms with Crippen molar-refractivity contribution in [2.24, 2.45) is 5.73 Å². The number of rotatable bonds is 9. The molecule has 134 valence electrons. The third-order valence-corrected chi connectivity index (χ3v) is 4.12. The normalized spacial score (nSPS) is 10.6. The number of anilines is 1. The van der Waals surface area contributed by atoms with Crippen LogP contribution in [0.5, 0.6) is 5.75 Å². The van der Waals surface area contributed by atoms with Crippen LogP contribution in [0, 0.1) is 0 Å². The van der Waals surface area contributed by atoms with Crippen molar-refractivity contribution in [1.29, 1.82) is 0 Å². The summed E-state index contributed by atoms with van der Waals surface area (Å²) in [6.07, 6.45) is 4.11. The van der Waals surface area contributed by atoms with Gasteiger partial charge in [0.15, 0.2) is 0 Å². The lowest BCUT2D eigenvalue weighted by Crippen LogP contribution is -2.21. The minimum atomic E-state index is -0.684. The number of carbonyl (C=O) groups is 1. The molecule has 0 radical (unpaired) electrons. The summed E-state index contributed by atoms with van der Waals surface area (Å²) in [5.74, 6) is 0.0167. The number of hydrogen-bond acceptors (Lipinski definition) is 3. The van der Waals surface area contributed by atoms with Gasteiger partial charge >= 0.3 is 6.03 Å². The molecule has 0 heterocycles. The minimum Gasteiger partial charge on any atom is -0.506 e. The van der Waals surface area contributed by atoms with E-state index < -0.39 is 6.03 Å². The van der Waals surface area contributed by atoms with Gasteiger partial charge in [0.1, 0.15) is 5.75 Å². The Bertz CT molecular complexity index is 701. The Morgan fingerprint density at radius 2 is 1.72 bits per heavy atom. The van der Waals surface area contributed by atoms with Gasteiger partial charge in [-0.1, -0.05) is 43.7 Å². The molecule has 0 atom stereocenters. The number of aryl methyl sites for hydroxylation is 1. The summed E-state index contributed by atoms with van der Waals surface area (Å²) < 4.78 is 0. The van der Waals surface area contributed by atoms with Crippen molar-refractivity contribution in [2.45, 2.75) is 32.6 Å². The van der Waals surface area contributed by atoms with Gasteiger partial charge in [0.05, 0.1) is 5.69 Å². The second kappa shape index (κ2) is 9.69. The highest BCUT2D eigenvalue weighted by Crippen LogP contribution is 2.24. The molecule has 25 heavy (non-hydrogen) atoms. The molecule has 0 unspecified atom stereocenters. The Labute approximate surface area is 149 Å². The second-order valence-corrected chi connectivity index (χ2v) is 6.11. The van der Waals surface area contributed by atoms with Crippen LogP contribution in [-0.4, -0.2) is 24.2 Å². The van der Waals surface area contributed by atoms with Crippen molar-refractivity contribution in [2.75, 3.05) is 18.4 Å². The lowest BCUT2D eigenvalue weighted by atomic mass is 10.0. The number of nitrogens with one attached hydrogen (secondary N) is 2. The summed E-state index contributed by atoms with van der Waals surface area (Å²) >= 11 is 0. The van der Waals surface area contributed by atoms with Crippen LogP contribution in [0.15, 0.2) is 42.5 Å². The number of phenols is 1. The maximum atomic E-state index is 10.9. The van der Waals surface area contributed by atoms with Gasteiger partial charge in [-0.25, -0.2) is 4.79 Å². The third-order valence-electron chi connectivity index (χ3n) is 4.12. The molecule has 2 rings (SSSR count). The first-order valence-corrected chi connectivity index (χ1v) is 8.76. The summed E-state index contributed by atoms with van der Waals surface area (Å²) in [6.45, 7) is 3.95. The van der Waals surface area contributed by atoms with Crippen molar-refractivity contribution in [1.82, 2.24) is 5.32 Å². The molecule has 2 aromatic carbocycles. The van der Waals surface area contributed by atoms with Crippen LogP contribution in [0.1, 0.15) is 30.0 Å². The maximum Gasteiger partial charge on any atom is 0.316 e. The molecule has 0 aliphatic rings. The van der Waals surface area contributed by atoms with Crippen molar-refractivity contribution in [3.63, 3.8) is 0 Å². The number of nitrogens with two attached hydrogens (primary N) is 1. The predicted molar refractivity (Wildman–Crippen MR) is 102 cm³/mol. The smallest absolute Gasteiger partial charge is 0.316 e. The second-order valence-electron chi connectivity index (χ2n) is 6.11. The molecule has 0 aliphatic carbocycles. The van der Waals surface area contributed by atoms with E-state index in [1.807, 2.05) is 6.07 Å². The standard InChI is InChI=1S/C20H27N3O2/c1-2-5-16-6-3-4-7-17(16)11-13-22-12-10-15-8-9-19(24)18(14-15)23-20(21)25/h3-4,6-9,14,22,24H,2,5,10-13H2,1H3,(H3,21,23,25). The Morgan fingerprint density at radius 3 is 2.40 bits per heavy atom. The van der Waals surface area contributed by atoms with E-state index >= 15 is 0 Å². The lowest BCUT2D eigenvalue weighted by molar-refractivity contribution is 0.259. The quantitative estimate of drug-likeness (QED) is 0.417. The third kappa shape index (κ3) is 6.12. The zero-order valence-electron chi connectivity index (χ0n) is 14.7. The number of phenolic OH excluding ortho intramolecular Hbond substituents is 1. The largest absolute Gasteiger partial charge is 0.506 e. The monoisotopic (exact) mass is 341 g/mol. The summed E-state index contributed by atoms with van der Waals surface area (Å²) in [7, 11) is 0. The number of aromatic hydroxyl groups is 1. The molecule has 2 aromatic rings. The fraction of sp³-hybridized carbons (Fsp3) is 0.350. The number of primary amides is 1. The first kappa shape index (κ1) is 18.8. The molecule has 0 saturated heterocycles. The molecular formula is C20H27N3O2. The van der Waals surface area contributed by atoms with Crippen LogP contribution in [0.2, 0.25) is 0 Å². The van der Waals surface area contributed by atoms with Gasteiger partial charge in [0.2, 0.25) is 0 Å². The number of carbonyl (C=O) groups excluding carboxylic acids is 1. The lowest BCUT2D eigenvalue weighted by Gasteiger charge is -2.10. The molecule has 0 saturated carbocycles. The Balaban J connectivity index is 1.79. The molecule has 5 nitrogen and oxygen atoms in total. The van der Waals surface area contributed by atoms with Crippen LogP contribution in [0.4, 0.5) is 10.5 Å². The first-order chi connectivity index (χ1) is 12.1. The van der Waals surface area contributed by atoms with E-state index in [0.29, 0.717) is 5.69 Å². The highest BCUT2D eigenvalue weighted by Gasteiger charge is 2.05. The van der Waals surface area contributed by atoms with Crippen LogP contribution in [0.3, 0.4) is 0 Å². The number of amides is 2. The molecule has 5 N–H and O–H groups in total. The van der Waals surface area contributed by atoms with E-state index in [1.54, 1.807) is 12.1 Å². The topological polar surface area (TPSA) is 87.4 Å². The van der Waals surface area contributed by atoms with Crippen LogP contribution >= 0.6 is 0 Å². The first-order valence-electron chi connectivity index (χ1n) is 8.76. The van der Waals surface area contributed by atoms with Crippen molar-refractivity contribution < 1.29 is 9.90 Å². The number of hydrogen-bond donors (Lipinski definition) is 4. The molecule has 5 heteroatoms. The molecule has 0 fully saturated rings. The minimum absolute atomic E-state index is 0.0167. The van der Waals surface area contributed by atoms with Gasteiger partial charge in [-0.15, -0.1) is 0 Å². The van der Waals surface area contributed by atoms with Crippen LogP contribution in [-0.2, 0) is 19.3 Å². The fourth-order valence-electron chi connectivity index (χ4n) is 2.87. The van der Waals surface area contributed by atoms with E-state index in [1.165, 1.54) is 11.1 Å². The van der Waals surface area contributed by atoms with Gasteiger partial charge in [-0.05, 0) is 61.2 Å². The van der Waals surface area contributed by atoms with Gasteiger partial charge in [0.25, 0.3) is 0 Å². The Morgan fingerprint density at radius 1 is 1.04 bits per heavy atom. The molecular weight excluding hydrogens is 314 g/mol. The predicted octanol–water partition coefficient (Wildman–Crippen LogP) is 3.21. The zero-order valence-corrected chi connectivity index (χ0v) is 14.7. The van der Waals surface area contributed by atoms with E-state index in [2.05, 4.69) is 41.8 Å². The van der Waals surface area contributed by atoms with Gasteiger partial charge in [-0.2, -0.15) is 0 Å². The van der Waals surface area contributed by atoms with E-state index in [-0.39, 0.29) is 5.75 Å². The van der Waals surface area contributed by atoms with Crippen molar-refractivity contribution in [3.8, 4) is 5.75 Å². The molecule has 0 aliphatic heterocycles. The Kier molecular flexibility index (Phi) is 7.29. The summed E-state index contributed by atoms with van der Waals surface area (Å²) in [4.78, 5) is 10.9. The SMILES string of the molecule is CCCc1ccccc1CCNCCc1ccc(O)c(NC(N)=O)c1. The van der Waals surface area contributed by atoms with E-state index in [0.717, 1.165) is 44.3 Å². The van der Waals surface area contributed by atoms with Gasteiger partial charge < -0.3 is 21.5 Å². The molecule has 0 bridgehead atoms. The van der Waals surface area contributed by atoms with E-state index in [9.17, 15) is 9.90 Å².